The number of para-hydroxylation sites is 1. The second-order valence-electron chi connectivity index (χ2n) is 7.29. The molecule has 3 aliphatic rings. The summed E-state index contributed by atoms with van der Waals surface area (Å²) in [7, 11) is 3.36. The highest BCUT2D eigenvalue weighted by molar-refractivity contribution is 5.38. The number of methoxy groups -OCH3 is 2. The van der Waals surface area contributed by atoms with Crippen LogP contribution in [-0.2, 0) is 9.47 Å². The number of allylic oxidation sites excluding steroid dienone is 2. The van der Waals surface area contributed by atoms with Gasteiger partial charge in [-0.2, -0.15) is 0 Å². The van der Waals surface area contributed by atoms with Crippen LogP contribution in [0.3, 0.4) is 0 Å². The van der Waals surface area contributed by atoms with E-state index in [0.717, 1.165) is 17.7 Å². The number of rotatable bonds is 5. The third-order valence-corrected chi connectivity index (χ3v) is 6.22. The van der Waals surface area contributed by atoms with E-state index in [1.54, 1.807) is 14.2 Å². The van der Waals surface area contributed by atoms with Gasteiger partial charge >= 0.3 is 0 Å². The Morgan fingerprint density at radius 1 is 1.04 bits per heavy atom. The number of fused-ring (bicyclic) bond motifs is 5. The summed E-state index contributed by atoms with van der Waals surface area (Å²) < 4.78 is 17.0. The maximum absolute atomic E-state index is 10.9. The zero-order valence-electron chi connectivity index (χ0n) is 14.3. The Bertz CT molecular complexity index is 613. The van der Waals surface area contributed by atoms with Crippen LogP contribution in [0.15, 0.2) is 36.4 Å². The molecule has 0 heterocycles. The Balaban J connectivity index is 1.71. The van der Waals surface area contributed by atoms with E-state index in [2.05, 4.69) is 18.2 Å². The van der Waals surface area contributed by atoms with Crippen LogP contribution in [0.2, 0.25) is 0 Å². The lowest BCUT2D eigenvalue weighted by atomic mass is 9.64. The first-order valence-electron chi connectivity index (χ1n) is 8.84. The van der Waals surface area contributed by atoms with Crippen LogP contribution in [0.1, 0.15) is 24.3 Å². The van der Waals surface area contributed by atoms with Gasteiger partial charge in [0.25, 0.3) is 0 Å². The van der Waals surface area contributed by atoms with Gasteiger partial charge in [0, 0.05) is 13.0 Å². The molecule has 0 unspecified atom stereocenters. The molecule has 0 saturated heterocycles. The van der Waals surface area contributed by atoms with Crippen LogP contribution < -0.4 is 4.74 Å². The molecule has 2 bridgehead atoms. The summed E-state index contributed by atoms with van der Waals surface area (Å²) in [6, 6.07) is 8.10. The van der Waals surface area contributed by atoms with Crippen molar-refractivity contribution in [2.75, 3.05) is 21.0 Å². The predicted octanol–water partition coefficient (Wildman–Crippen LogP) is 2.97. The van der Waals surface area contributed by atoms with Crippen molar-refractivity contribution in [3.05, 3.63) is 42.0 Å². The van der Waals surface area contributed by atoms with Crippen molar-refractivity contribution in [2.24, 2.45) is 23.7 Å². The molecule has 0 spiro atoms. The number of benzene rings is 1. The molecule has 24 heavy (non-hydrogen) atoms. The molecule has 0 aliphatic heterocycles. The number of aliphatic hydroxyl groups is 1. The summed E-state index contributed by atoms with van der Waals surface area (Å²) >= 11 is 0. The Hall–Kier alpha value is -1.36. The molecule has 0 amide bonds. The van der Waals surface area contributed by atoms with Crippen LogP contribution in [0.5, 0.6) is 5.75 Å². The third kappa shape index (κ3) is 2.48. The van der Waals surface area contributed by atoms with Crippen molar-refractivity contribution in [3.8, 4) is 5.75 Å². The van der Waals surface area contributed by atoms with Crippen molar-refractivity contribution >= 4 is 0 Å². The maximum Gasteiger partial charge on any atom is 0.146 e. The van der Waals surface area contributed by atoms with Crippen LogP contribution in [0.25, 0.3) is 0 Å². The highest BCUT2D eigenvalue weighted by atomic mass is 16.7. The van der Waals surface area contributed by atoms with Crippen LogP contribution in [-0.4, -0.2) is 38.3 Å². The van der Waals surface area contributed by atoms with Gasteiger partial charge in [-0.05, 0) is 48.1 Å². The highest BCUT2D eigenvalue weighted by Gasteiger charge is 2.56. The first-order chi connectivity index (χ1) is 11.7. The minimum atomic E-state index is -0.285. The van der Waals surface area contributed by atoms with Gasteiger partial charge in [-0.15, -0.1) is 0 Å². The van der Waals surface area contributed by atoms with E-state index in [4.69, 9.17) is 14.2 Å². The fourth-order valence-corrected chi connectivity index (χ4v) is 5.37. The Kier molecular flexibility index (Phi) is 4.37. The summed E-state index contributed by atoms with van der Waals surface area (Å²) in [5.74, 6) is 2.68. The van der Waals surface area contributed by atoms with Gasteiger partial charge in [0.1, 0.15) is 12.5 Å². The molecular weight excluding hydrogens is 304 g/mol. The fourth-order valence-electron chi connectivity index (χ4n) is 5.37. The summed E-state index contributed by atoms with van der Waals surface area (Å²) in [4.78, 5) is 0. The van der Waals surface area contributed by atoms with Crippen LogP contribution >= 0.6 is 0 Å². The largest absolute Gasteiger partial charge is 0.496 e. The topological polar surface area (TPSA) is 47.9 Å². The van der Waals surface area contributed by atoms with Crippen molar-refractivity contribution in [1.29, 1.82) is 0 Å². The maximum atomic E-state index is 10.9. The van der Waals surface area contributed by atoms with E-state index < -0.39 is 0 Å². The highest BCUT2D eigenvalue weighted by Crippen LogP contribution is 2.58. The molecule has 1 N–H and O–H groups in total. The molecule has 4 nitrogen and oxygen atoms in total. The van der Waals surface area contributed by atoms with Gasteiger partial charge in [0.15, 0.2) is 0 Å². The standard InChI is InChI=1S/C20H26O4/c1-22-11-24-20-15(14-5-3-4-6-17(14)23-2)10-16(21)18-12-7-8-13(9-12)19(18)20/h3-8,12-13,15-16,18-21H,9-11H2,1-2H3/t12-,13+,15-,16+,18+,19+,20-/m0/s1. The number of hydrogen-bond acceptors (Lipinski definition) is 4. The second kappa shape index (κ2) is 6.51. The summed E-state index contributed by atoms with van der Waals surface area (Å²) in [6.07, 6.45) is 6.25. The zero-order chi connectivity index (χ0) is 16.7. The molecule has 1 aromatic carbocycles. The van der Waals surface area contributed by atoms with Gasteiger partial charge in [-0.3, -0.25) is 0 Å². The average Bonchev–Trinajstić information content (AvgIpc) is 3.23. The third-order valence-electron chi connectivity index (χ3n) is 6.22. The van der Waals surface area contributed by atoms with E-state index in [1.165, 1.54) is 0 Å². The zero-order valence-corrected chi connectivity index (χ0v) is 14.3. The van der Waals surface area contributed by atoms with E-state index in [9.17, 15) is 5.11 Å². The smallest absolute Gasteiger partial charge is 0.146 e. The Morgan fingerprint density at radius 3 is 2.54 bits per heavy atom. The fraction of sp³-hybridized carbons (Fsp3) is 0.600. The van der Waals surface area contributed by atoms with Gasteiger partial charge < -0.3 is 19.3 Å². The van der Waals surface area contributed by atoms with E-state index >= 15 is 0 Å². The average molecular weight is 330 g/mol. The van der Waals surface area contributed by atoms with E-state index in [0.29, 0.717) is 30.1 Å². The molecule has 7 atom stereocenters. The molecule has 1 aromatic rings. The van der Waals surface area contributed by atoms with Crippen molar-refractivity contribution in [2.45, 2.75) is 31.0 Å². The van der Waals surface area contributed by atoms with Gasteiger partial charge in [-0.1, -0.05) is 30.4 Å². The first-order valence-corrected chi connectivity index (χ1v) is 8.84. The quantitative estimate of drug-likeness (QED) is 0.666. The lowest BCUT2D eigenvalue weighted by molar-refractivity contribution is -0.144. The minimum Gasteiger partial charge on any atom is -0.496 e. The predicted molar refractivity (Wildman–Crippen MR) is 90.8 cm³/mol. The molecule has 2 fully saturated rings. The normalized spacial score (nSPS) is 39.9. The minimum absolute atomic E-state index is 0.0506. The molecule has 0 radical (unpaired) electrons. The molecule has 130 valence electrons. The summed E-state index contributed by atoms with van der Waals surface area (Å²) in [6.45, 7) is 0.288. The first kappa shape index (κ1) is 16.1. The number of ether oxygens (including phenoxy) is 3. The van der Waals surface area contributed by atoms with Crippen molar-refractivity contribution in [1.82, 2.24) is 0 Å². The lowest BCUT2D eigenvalue weighted by Gasteiger charge is -2.46. The molecule has 4 heteroatoms. The van der Waals surface area contributed by atoms with Crippen LogP contribution in [0.4, 0.5) is 0 Å². The summed E-state index contributed by atoms with van der Waals surface area (Å²) in [5, 5.41) is 10.9. The summed E-state index contributed by atoms with van der Waals surface area (Å²) in [5.41, 5.74) is 1.13. The van der Waals surface area contributed by atoms with Gasteiger partial charge in [0.2, 0.25) is 0 Å². The molecule has 2 saturated carbocycles. The van der Waals surface area contributed by atoms with Crippen molar-refractivity contribution in [3.63, 3.8) is 0 Å². The second-order valence-corrected chi connectivity index (χ2v) is 7.29. The van der Waals surface area contributed by atoms with Crippen molar-refractivity contribution < 1.29 is 19.3 Å². The Labute approximate surface area is 143 Å². The Morgan fingerprint density at radius 2 is 1.79 bits per heavy atom. The number of hydrogen-bond donors (Lipinski definition) is 1. The SMILES string of the molecule is COCO[C@@H]1[C@H]2[C@@H]([C@H](O)C[C@H]1c1ccccc1OC)[C@H]1C=C[C@@H]2C1. The van der Waals surface area contributed by atoms with E-state index in [-0.39, 0.29) is 24.9 Å². The van der Waals surface area contributed by atoms with Crippen LogP contribution in [0, 0.1) is 23.7 Å². The molecule has 0 aromatic heterocycles. The molecular formula is C20H26O4. The molecule has 4 rings (SSSR count). The number of aliphatic hydroxyl groups excluding tert-OH is 1. The molecule has 3 aliphatic carbocycles. The lowest BCUT2D eigenvalue weighted by Crippen LogP contribution is -2.48. The monoisotopic (exact) mass is 330 g/mol. The van der Waals surface area contributed by atoms with Gasteiger partial charge in [-0.25, -0.2) is 0 Å². The van der Waals surface area contributed by atoms with E-state index in [1.807, 2.05) is 18.2 Å². The van der Waals surface area contributed by atoms with Gasteiger partial charge in [0.05, 0.1) is 19.3 Å².